The number of carbonyl (C=O) groups is 1. The van der Waals surface area contributed by atoms with Crippen LogP contribution in [-0.2, 0) is 4.79 Å². The van der Waals surface area contributed by atoms with Gasteiger partial charge in [0.15, 0.2) is 0 Å². The quantitative estimate of drug-likeness (QED) is 0.660. The second-order valence-corrected chi connectivity index (χ2v) is 2.93. The Labute approximate surface area is 68.8 Å². The van der Waals surface area contributed by atoms with E-state index in [4.69, 9.17) is 5.11 Å². The maximum Gasteiger partial charge on any atom is 0.376 e. The number of hydrogen-bond acceptors (Lipinski definition) is 2. The molecule has 0 bridgehead atoms. The largest absolute Gasteiger partial charge is 0.477 e. The Morgan fingerprint density at radius 2 is 2.17 bits per heavy atom. The molecule has 0 spiro atoms. The fourth-order valence-corrected chi connectivity index (χ4v) is 1.31. The van der Waals surface area contributed by atoms with Gasteiger partial charge in [0.2, 0.25) is 0 Å². The maximum atomic E-state index is 12.8. The van der Waals surface area contributed by atoms with E-state index in [0.29, 0.717) is 13.0 Å². The monoisotopic (exact) mass is 179 g/mol. The average Bonchev–Trinajstić information content (AvgIpc) is 2.06. The molecule has 1 saturated heterocycles. The fraction of sp³-hybridized carbons (Fsp3) is 0.857. The summed E-state index contributed by atoms with van der Waals surface area (Å²) in [7, 11) is 0. The number of halogens is 2. The topological polar surface area (TPSA) is 49.3 Å². The van der Waals surface area contributed by atoms with Crippen molar-refractivity contribution in [2.75, 3.05) is 6.54 Å². The van der Waals surface area contributed by atoms with Gasteiger partial charge in [0.1, 0.15) is 0 Å². The Bertz CT molecular complexity index is 178. The molecule has 0 unspecified atom stereocenters. The van der Waals surface area contributed by atoms with Gasteiger partial charge in [-0.1, -0.05) is 6.42 Å². The molecular formula is C7H11F2NO2. The van der Waals surface area contributed by atoms with Gasteiger partial charge < -0.3 is 10.4 Å². The van der Waals surface area contributed by atoms with Crippen LogP contribution in [0.2, 0.25) is 0 Å². The van der Waals surface area contributed by atoms with Crippen LogP contribution in [0.4, 0.5) is 8.78 Å². The third-order valence-electron chi connectivity index (χ3n) is 2.03. The van der Waals surface area contributed by atoms with Crippen LogP contribution in [0.25, 0.3) is 0 Å². The normalized spacial score (nSPS) is 25.3. The van der Waals surface area contributed by atoms with Crippen molar-refractivity contribution in [3.63, 3.8) is 0 Å². The summed E-state index contributed by atoms with van der Waals surface area (Å²) in [6.45, 7) is 0.480. The zero-order valence-electron chi connectivity index (χ0n) is 6.52. The molecule has 0 aromatic heterocycles. The molecule has 1 aliphatic rings. The average molecular weight is 179 g/mol. The van der Waals surface area contributed by atoms with Crippen LogP contribution >= 0.6 is 0 Å². The van der Waals surface area contributed by atoms with Gasteiger partial charge in [-0.25, -0.2) is 4.79 Å². The van der Waals surface area contributed by atoms with E-state index in [1.807, 2.05) is 0 Å². The van der Waals surface area contributed by atoms with Crippen LogP contribution in [-0.4, -0.2) is 29.6 Å². The number of hydrogen-bond donors (Lipinski definition) is 2. The predicted octanol–water partition coefficient (Wildman–Crippen LogP) is 0.848. The summed E-state index contributed by atoms with van der Waals surface area (Å²) in [5.41, 5.74) is 0. The molecule has 1 rings (SSSR count). The van der Waals surface area contributed by atoms with Crippen molar-refractivity contribution in [1.82, 2.24) is 5.32 Å². The number of nitrogens with one attached hydrogen (secondary N) is 1. The summed E-state index contributed by atoms with van der Waals surface area (Å²) in [6.07, 6.45) is 1.74. The summed E-state index contributed by atoms with van der Waals surface area (Å²) in [5, 5.41) is 10.7. The molecule has 3 nitrogen and oxygen atoms in total. The zero-order chi connectivity index (χ0) is 9.19. The van der Waals surface area contributed by atoms with E-state index >= 15 is 0 Å². The van der Waals surface area contributed by atoms with E-state index in [0.717, 1.165) is 6.42 Å². The van der Waals surface area contributed by atoms with E-state index < -0.39 is 17.9 Å². The highest BCUT2D eigenvalue weighted by Gasteiger charge is 2.47. The first-order valence-corrected chi connectivity index (χ1v) is 3.89. The molecule has 0 aromatic rings. The Hall–Kier alpha value is -0.710. The van der Waals surface area contributed by atoms with Gasteiger partial charge >= 0.3 is 11.9 Å². The zero-order valence-corrected chi connectivity index (χ0v) is 6.52. The highest BCUT2D eigenvalue weighted by Crippen LogP contribution is 2.24. The number of carboxylic acids is 1. The smallest absolute Gasteiger partial charge is 0.376 e. The molecule has 5 heteroatoms. The van der Waals surface area contributed by atoms with Gasteiger partial charge in [0.25, 0.3) is 0 Å². The van der Waals surface area contributed by atoms with Crippen molar-refractivity contribution < 1.29 is 18.7 Å². The highest BCUT2D eigenvalue weighted by atomic mass is 19.3. The molecule has 1 heterocycles. The SMILES string of the molecule is O=C(O)C(F)(F)[C@@H]1CCCCN1. The van der Waals surface area contributed by atoms with E-state index in [-0.39, 0.29) is 6.42 Å². The summed E-state index contributed by atoms with van der Waals surface area (Å²) < 4.78 is 25.5. The molecular weight excluding hydrogens is 168 g/mol. The number of piperidine rings is 1. The van der Waals surface area contributed by atoms with E-state index in [1.54, 1.807) is 0 Å². The van der Waals surface area contributed by atoms with Gasteiger partial charge in [-0.3, -0.25) is 0 Å². The lowest BCUT2D eigenvalue weighted by Gasteiger charge is -2.27. The minimum atomic E-state index is -3.62. The molecule has 70 valence electrons. The fourth-order valence-electron chi connectivity index (χ4n) is 1.31. The van der Waals surface area contributed by atoms with Gasteiger partial charge in [0.05, 0.1) is 6.04 Å². The van der Waals surface area contributed by atoms with Gasteiger partial charge in [0, 0.05) is 0 Å². The maximum absolute atomic E-state index is 12.8. The predicted molar refractivity (Wildman–Crippen MR) is 38.2 cm³/mol. The third kappa shape index (κ3) is 1.72. The Morgan fingerprint density at radius 3 is 2.58 bits per heavy atom. The van der Waals surface area contributed by atoms with Crippen LogP contribution in [0.3, 0.4) is 0 Å². The Kier molecular flexibility index (Phi) is 2.62. The van der Waals surface area contributed by atoms with Gasteiger partial charge in [-0.05, 0) is 19.4 Å². The minimum absolute atomic E-state index is 0.235. The van der Waals surface area contributed by atoms with Crippen LogP contribution in [0.15, 0.2) is 0 Å². The number of carboxylic acid groups (broad SMARTS) is 1. The van der Waals surface area contributed by atoms with E-state index in [1.165, 1.54) is 0 Å². The Balaban J connectivity index is 2.59. The molecule has 12 heavy (non-hydrogen) atoms. The van der Waals surface area contributed by atoms with Crippen LogP contribution < -0.4 is 5.32 Å². The molecule has 0 aliphatic carbocycles. The third-order valence-corrected chi connectivity index (χ3v) is 2.03. The first-order valence-electron chi connectivity index (χ1n) is 3.89. The molecule has 0 aromatic carbocycles. The summed E-state index contributed by atoms with van der Waals surface area (Å²) in [6, 6.07) is -1.19. The summed E-state index contributed by atoms with van der Waals surface area (Å²) in [4.78, 5) is 10.1. The number of rotatable bonds is 2. The van der Waals surface area contributed by atoms with Crippen molar-refractivity contribution in [2.24, 2.45) is 0 Å². The second-order valence-electron chi connectivity index (χ2n) is 2.93. The van der Waals surface area contributed by atoms with Gasteiger partial charge in [-0.15, -0.1) is 0 Å². The molecule has 1 atom stereocenters. The highest BCUT2D eigenvalue weighted by molar-refractivity contribution is 5.76. The minimum Gasteiger partial charge on any atom is -0.477 e. The molecule has 0 saturated carbocycles. The van der Waals surface area contributed by atoms with Crippen molar-refractivity contribution in [3.8, 4) is 0 Å². The standard InChI is InChI=1S/C7H11F2NO2/c8-7(9,6(11)12)5-3-1-2-4-10-5/h5,10H,1-4H2,(H,11,12)/t5-/m0/s1. The van der Waals surface area contributed by atoms with Crippen LogP contribution in [0.1, 0.15) is 19.3 Å². The van der Waals surface area contributed by atoms with Crippen molar-refractivity contribution >= 4 is 5.97 Å². The summed E-state index contributed by atoms with van der Waals surface area (Å²) in [5.74, 6) is -5.66. The first kappa shape index (κ1) is 9.38. The number of alkyl halides is 2. The molecule has 1 aliphatic heterocycles. The molecule has 2 N–H and O–H groups in total. The van der Waals surface area contributed by atoms with Crippen molar-refractivity contribution in [2.45, 2.75) is 31.2 Å². The summed E-state index contributed by atoms with van der Waals surface area (Å²) >= 11 is 0. The molecule has 1 fully saturated rings. The number of aliphatic carboxylic acids is 1. The molecule has 0 radical (unpaired) electrons. The van der Waals surface area contributed by atoms with Gasteiger partial charge in [-0.2, -0.15) is 8.78 Å². The first-order chi connectivity index (χ1) is 5.55. The molecule has 0 amide bonds. The van der Waals surface area contributed by atoms with Crippen LogP contribution in [0, 0.1) is 0 Å². The van der Waals surface area contributed by atoms with Crippen molar-refractivity contribution in [1.29, 1.82) is 0 Å². The van der Waals surface area contributed by atoms with E-state index in [9.17, 15) is 13.6 Å². The second kappa shape index (κ2) is 3.35. The lowest BCUT2D eigenvalue weighted by atomic mass is 9.99. The Morgan fingerprint density at radius 1 is 1.50 bits per heavy atom. The lowest BCUT2D eigenvalue weighted by molar-refractivity contribution is -0.170. The van der Waals surface area contributed by atoms with E-state index in [2.05, 4.69) is 5.32 Å². The van der Waals surface area contributed by atoms with Crippen LogP contribution in [0.5, 0.6) is 0 Å². The lowest BCUT2D eigenvalue weighted by Crippen LogP contribution is -2.51. The van der Waals surface area contributed by atoms with Crippen molar-refractivity contribution in [3.05, 3.63) is 0 Å².